The van der Waals surface area contributed by atoms with Gasteiger partial charge in [-0.3, -0.25) is 0 Å². The predicted molar refractivity (Wildman–Crippen MR) is 77.6 cm³/mol. The SMILES string of the molecule is C[CH2][Zr]([CH3])([CH3])([CH3])([CH3])([C]1=CC=CC1)[C]1=CC=CC1. The van der Waals surface area contributed by atoms with E-state index in [0.717, 1.165) is 12.8 Å². The molecule has 2 rings (SSSR count). The fourth-order valence-electron chi connectivity index (χ4n) is 3.49. The van der Waals surface area contributed by atoms with Crippen LogP contribution in [0, 0.1) is 0 Å². The van der Waals surface area contributed by atoms with Gasteiger partial charge in [0, 0.05) is 0 Å². The molecule has 0 heterocycles. The first-order valence-corrected chi connectivity index (χ1v) is 21.0. The molecule has 2 aliphatic carbocycles. The Morgan fingerprint density at radius 3 is 1.53 bits per heavy atom. The standard InChI is InChI=1S/2C5H5.C2H5.4CH3.Zr/c2*1-2-4-5-3-1;1-2;;;;;/h2*1-3H,4H2;1H2,2H3;4*1H3;. The first-order valence-electron chi connectivity index (χ1n) is 6.99. The van der Waals surface area contributed by atoms with Crippen LogP contribution in [0.2, 0.25) is 22.7 Å². The molecule has 2 aliphatic rings. The number of allylic oxidation sites excluding steroid dienone is 8. The summed E-state index contributed by atoms with van der Waals surface area (Å²) < 4.78 is 15.3. The van der Waals surface area contributed by atoms with Crippen LogP contribution < -0.4 is 0 Å². The van der Waals surface area contributed by atoms with Gasteiger partial charge in [0.2, 0.25) is 0 Å². The van der Waals surface area contributed by atoms with Gasteiger partial charge in [0.15, 0.2) is 0 Å². The van der Waals surface area contributed by atoms with Crippen molar-refractivity contribution in [3.05, 3.63) is 43.0 Å². The third kappa shape index (κ3) is 1.58. The van der Waals surface area contributed by atoms with E-state index in [1.54, 1.807) is 6.56 Å². The van der Waals surface area contributed by atoms with E-state index in [0.29, 0.717) is 0 Å². The zero-order chi connectivity index (χ0) is 12.9. The average molecular weight is 311 g/mol. The van der Waals surface area contributed by atoms with Gasteiger partial charge in [-0.05, 0) is 0 Å². The molecule has 0 saturated carbocycles. The molecular formula is C16H27Zr. The fraction of sp³-hybridized carbons (Fsp3) is 0.500. The van der Waals surface area contributed by atoms with Crippen molar-refractivity contribution in [1.29, 1.82) is 0 Å². The van der Waals surface area contributed by atoms with Crippen molar-refractivity contribution in [2.24, 2.45) is 0 Å². The average Bonchev–Trinajstić information content (AvgIpc) is 2.92. The van der Waals surface area contributed by atoms with Gasteiger partial charge < -0.3 is 0 Å². The van der Waals surface area contributed by atoms with E-state index in [2.05, 4.69) is 61.9 Å². The summed E-state index contributed by atoms with van der Waals surface area (Å²) >= 11 is -3.88. The number of hydrogen-bond donors (Lipinski definition) is 0. The molecule has 0 aromatic carbocycles. The Morgan fingerprint density at radius 1 is 0.882 bits per heavy atom. The van der Waals surface area contributed by atoms with E-state index in [-0.39, 0.29) is 0 Å². The van der Waals surface area contributed by atoms with E-state index in [1.807, 2.05) is 0 Å². The number of rotatable bonds is 3. The Hall–Kier alpha value is -0.157. The molecule has 0 aliphatic heterocycles. The van der Waals surface area contributed by atoms with E-state index >= 15 is 0 Å². The Kier molecular flexibility index (Phi) is 2.12. The molecule has 0 fully saturated rings. The molecular weight excluding hydrogens is 283 g/mol. The predicted octanol–water partition coefficient (Wildman–Crippen LogP) is 6.07. The maximum atomic E-state index is 2.63. The van der Waals surface area contributed by atoms with Gasteiger partial charge in [-0.1, -0.05) is 0 Å². The molecule has 0 saturated heterocycles. The third-order valence-corrected chi connectivity index (χ3v) is 33.6. The number of hydrogen-bond acceptors (Lipinski definition) is 0. The van der Waals surface area contributed by atoms with Crippen molar-refractivity contribution in [2.75, 3.05) is 0 Å². The molecule has 0 nitrogen and oxygen atoms in total. The van der Waals surface area contributed by atoms with E-state index in [4.69, 9.17) is 0 Å². The first kappa shape index (κ1) is 13.3. The van der Waals surface area contributed by atoms with Crippen LogP contribution in [0.4, 0.5) is 0 Å². The quantitative estimate of drug-likeness (QED) is 0.594. The summed E-state index contributed by atoms with van der Waals surface area (Å²) in [7, 11) is 0. The Bertz CT molecular complexity index is 472. The van der Waals surface area contributed by atoms with Crippen LogP contribution in [0.3, 0.4) is 0 Å². The molecule has 0 atom stereocenters. The molecule has 1 heteroatoms. The fourth-order valence-corrected chi connectivity index (χ4v) is 17.3. The van der Waals surface area contributed by atoms with Crippen LogP contribution >= 0.6 is 0 Å². The molecule has 0 radical (unpaired) electrons. The Balaban J connectivity index is 2.77. The van der Waals surface area contributed by atoms with Crippen LogP contribution in [-0.2, 0) is 15.8 Å². The van der Waals surface area contributed by atoms with Gasteiger partial charge in [0.1, 0.15) is 0 Å². The summed E-state index contributed by atoms with van der Waals surface area (Å²) in [4.78, 5) is 0. The van der Waals surface area contributed by atoms with Gasteiger partial charge >= 0.3 is 101 Å². The minimum absolute atomic E-state index is 1.16. The monoisotopic (exact) mass is 309 g/mol. The van der Waals surface area contributed by atoms with E-state index in [1.165, 1.54) is 4.13 Å². The molecule has 0 spiro atoms. The van der Waals surface area contributed by atoms with Crippen molar-refractivity contribution in [1.82, 2.24) is 0 Å². The van der Waals surface area contributed by atoms with Gasteiger partial charge in [-0.2, -0.15) is 0 Å². The van der Waals surface area contributed by atoms with Crippen LogP contribution in [-0.4, -0.2) is 0 Å². The molecule has 0 amide bonds. The van der Waals surface area contributed by atoms with Crippen LogP contribution in [0.15, 0.2) is 43.0 Å². The van der Waals surface area contributed by atoms with Crippen molar-refractivity contribution in [2.45, 2.75) is 42.4 Å². The second-order valence-electron chi connectivity index (χ2n) is 9.89. The zero-order valence-corrected chi connectivity index (χ0v) is 14.5. The summed E-state index contributed by atoms with van der Waals surface area (Å²) in [5.41, 5.74) is 0. The van der Waals surface area contributed by atoms with Gasteiger partial charge in [-0.25, -0.2) is 0 Å². The van der Waals surface area contributed by atoms with Crippen LogP contribution in [0.5, 0.6) is 0 Å². The summed E-state index contributed by atoms with van der Waals surface area (Å²) in [5.74, 6) is 0. The van der Waals surface area contributed by atoms with Crippen LogP contribution in [0.25, 0.3) is 0 Å². The van der Waals surface area contributed by atoms with Crippen molar-refractivity contribution >= 4 is 0 Å². The summed E-state index contributed by atoms with van der Waals surface area (Å²) in [6.45, 7) is 2.40. The topological polar surface area (TPSA) is 0 Å². The van der Waals surface area contributed by atoms with Gasteiger partial charge in [-0.15, -0.1) is 0 Å². The third-order valence-electron chi connectivity index (χ3n) is 6.65. The Labute approximate surface area is 101 Å². The molecule has 0 aromatic heterocycles. The Morgan fingerprint density at radius 2 is 1.29 bits per heavy atom. The van der Waals surface area contributed by atoms with E-state index in [9.17, 15) is 0 Å². The molecule has 0 aromatic rings. The summed E-state index contributed by atoms with van der Waals surface area (Å²) in [6, 6.07) is 0. The second-order valence-corrected chi connectivity index (χ2v) is 48.7. The second kappa shape index (κ2) is 2.72. The van der Waals surface area contributed by atoms with Crippen molar-refractivity contribution in [3.63, 3.8) is 0 Å². The summed E-state index contributed by atoms with van der Waals surface area (Å²) in [5, 5.41) is 0. The maximum absolute atomic E-state index is 3.88. The van der Waals surface area contributed by atoms with Crippen molar-refractivity contribution < 1.29 is 15.8 Å². The zero-order valence-electron chi connectivity index (χ0n) is 12.1. The molecule has 95 valence electrons. The molecule has 0 bridgehead atoms. The molecule has 17 heavy (non-hydrogen) atoms. The van der Waals surface area contributed by atoms with Crippen LogP contribution in [0.1, 0.15) is 19.8 Å². The normalized spacial score (nSPS) is 25.8. The molecule has 0 unspecified atom stereocenters. The van der Waals surface area contributed by atoms with Gasteiger partial charge in [0.05, 0.1) is 0 Å². The van der Waals surface area contributed by atoms with Crippen molar-refractivity contribution in [3.8, 4) is 0 Å². The van der Waals surface area contributed by atoms with E-state index < -0.39 is 15.8 Å². The molecule has 0 N–H and O–H groups in total. The first-order chi connectivity index (χ1) is 7.56. The summed E-state index contributed by atoms with van der Waals surface area (Å²) in [6.07, 6.45) is 16.3. The van der Waals surface area contributed by atoms with Gasteiger partial charge in [0.25, 0.3) is 0 Å². The minimum atomic E-state index is -3.88.